The highest BCUT2D eigenvalue weighted by atomic mass is 35.5. The van der Waals surface area contributed by atoms with Gasteiger partial charge >= 0.3 is 0 Å². The van der Waals surface area contributed by atoms with Gasteiger partial charge in [0.25, 0.3) is 0 Å². The molecule has 164 valence electrons. The van der Waals surface area contributed by atoms with Crippen LogP contribution in [-0.2, 0) is 16.4 Å². The number of nitrogens with one attached hydrogen (secondary N) is 1. The van der Waals surface area contributed by atoms with Crippen molar-refractivity contribution in [2.75, 3.05) is 12.4 Å². The molecule has 32 heavy (non-hydrogen) atoms. The van der Waals surface area contributed by atoms with Crippen LogP contribution in [0.2, 0.25) is 5.02 Å². The van der Waals surface area contributed by atoms with E-state index in [-0.39, 0.29) is 28.2 Å². The van der Waals surface area contributed by atoms with Crippen LogP contribution in [0.4, 0.5) is 10.3 Å². The molecule has 0 aliphatic carbocycles. The van der Waals surface area contributed by atoms with E-state index in [1.165, 1.54) is 12.1 Å². The average Bonchev–Trinajstić information content (AvgIpc) is 3.24. The molecule has 1 heterocycles. The van der Waals surface area contributed by atoms with Crippen molar-refractivity contribution >= 4 is 27.3 Å². The number of hydrogen-bond acceptors (Lipinski definition) is 6. The van der Waals surface area contributed by atoms with Crippen LogP contribution in [0.25, 0.3) is 11.5 Å². The predicted octanol–water partition coefficient (Wildman–Crippen LogP) is 5.59. The van der Waals surface area contributed by atoms with Gasteiger partial charge in [0.1, 0.15) is 11.6 Å². The molecule has 0 bridgehead atoms. The van der Waals surface area contributed by atoms with Gasteiger partial charge in [0.05, 0.1) is 12.0 Å². The minimum Gasteiger partial charge on any atom is -0.497 e. The van der Waals surface area contributed by atoms with Crippen LogP contribution >= 0.6 is 11.6 Å². The minimum atomic E-state index is -4.08. The predicted molar refractivity (Wildman–Crippen MR) is 119 cm³/mol. The van der Waals surface area contributed by atoms with Gasteiger partial charge in [-0.2, -0.15) is 4.98 Å². The van der Waals surface area contributed by atoms with Crippen LogP contribution in [0.1, 0.15) is 5.56 Å². The number of ether oxygens (including phenoxy) is 1. The Hall–Kier alpha value is -3.36. The number of rotatable bonds is 7. The van der Waals surface area contributed by atoms with Crippen molar-refractivity contribution < 1.29 is 22.0 Å². The largest absolute Gasteiger partial charge is 0.497 e. The van der Waals surface area contributed by atoms with Gasteiger partial charge in [0, 0.05) is 17.1 Å². The van der Waals surface area contributed by atoms with Gasteiger partial charge in [-0.3, -0.25) is 0 Å². The Bertz CT molecular complexity index is 1320. The summed E-state index contributed by atoms with van der Waals surface area (Å²) in [6.45, 7) is 0.283. The van der Waals surface area contributed by atoms with Crippen LogP contribution in [0, 0.1) is 5.82 Å². The lowest BCUT2D eigenvalue weighted by molar-refractivity contribution is 0.414. The highest BCUT2D eigenvalue weighted by molar-refractivity contribution is 7.91. The third-order valence-electron chi connectivity index (χ3n) is 4.68. The zero-order chi connectivity index (χ0) is 22.7. The third kappa shape index (κ3) is 4.61. The summed E-state index contributed by atoms with van der Waals surface area (Å²) < 4.78 is 50.7. The lowest BCUT2D eigenvalue weighted by atomic mass is 10.2. The van der Waals surface area contributed by atoms with Gasteiger partial charge in [0.15, 0.2) is 0 Å². The highest BCUT2D eigenvalue weighted by Gasteiger charge is 2.28. The van der Waals surface area contributed by atoms with E-state index in [9.17, 15) is 12.8 Å². The molecule has 0 amide bonds. The van der Waals surface area contributed by atoms with Crippen molar-refractivity contribution in [3.05, 3.63) is 89.2 Å². The van der Waals surface area contributed by atoms with E-state index in [1.807, 2.05) is 12.1 Å². The number of oxazole rings is 1. The topological polar surface area (TPSA) is 81.4 Å². The van der Waals surface area contributed by atoms with E-state index < -0.39 is 15.7 Å². The number of halogens is 2. The quantitative estimate of drug-likeness (QED) is 0.353. The van der Waals surface area contributed by atoms with Crippen LogP contribution in [-0.4, -0.2) is 20.5 Å². The maximum Gasteiger partial charge on any atom is 0.234 e. The van der Waals surface area contributed by atoms with Crippen molar-refractivity contribution in [3.63, 3.8) is 0 Å². The van der Waals surface area contributed by atoms with Crippen LogP contribution in [0.15, 0.2) is 87.1 Å². The van der Waals surface area contributed by atoms with Gasteiger partial charge in [-0.15, -0.1) is 0 Å². The molecule has 0 spiro atoms. The molecule has 3 aromatic carbocycles. The summed E-state index contributed by atoms with van der Waals surface area (Å²) in [6, 6.07) is 18.5. The van der Waals surface area contributed by atoms with E-state index in [2.05, 4.69) is 10.3 Å². The molecule has 0 atom stereocenters. The van der Waals surface area contributed by atoms with E-state index in [0.29, 0.717) is 16.3 Å². The van der Waals surface area contributed by atoms with E-state index in [1.54, 1.807) is 43.5 Å². The first-order chi connectivity index (χ1) is 15.4. The molecule has 0 fully saturated rings. The second-order valence-corrected chi connectivity index (χ2v) is 9.12. The fourth-order valence-corrected chi connectivity index (χ4v) is 4.37. The SMILES string of the molecule is COc1ccc(CNc2oc(-c3ccc(Cl)cc3)nc2S(=O)(=O)c2ccc(F)cc2)cc1. The van der Waals surface area contributed by atoms with Crippen LogP contribution in [0.3, 0.4) is 0 Å². The first-order valence-electron chi connectivity index (χ1n) is 9.51. The maximum absolute atomic E-state index is 13.3. The van der Waals surface area contributed by atoms with E-state index in [0.717, 1.165) is 17.7 Å². The van der Waals surface area contributed by atoms with Crippen LogP contribution in [0.5, 0.6) is 5.75 Å². The molecule has 4 rings (SSSR count). The smallest absolute Gasteiger partial charge is 0.234 e. The molecule has 0 saturated heterocycles. The summed E-state index contributed by atoms with van der Waals surface area (Å²) in [7, 11) is -2.50. The Morgan fingerprint density at radius 3 is 2.28 bits per heavy atom. The number of aromatic nitrogens is 1. The van der Waals surface area contributed by atoms with Crippen molar-refractivity contribution in [3.8, 4) is 17.2 Å². The molecular formula is C23H18ClFN2O4S. The third-order valence-corrected chi connectivity index (χ3v) is 6.61. The van der Waals surface area contributed by atoms with Crippen molar-refractivity contribution in [1.82, 2.24) is 4.98 Å². The zero-order valence-electron chi connectivity index (χ0n) is 16.9. The van der Waals surface area contributed by atoms with Crippen molar-refractivity contribution in [2.45, 2.75) is 16.5 Å². The lowest BCUT2D eigenvalue weighted by Gasteiger charge is -2.07. The highest BCUT2D eigenvalue weighted by Crippen LogP contribution is 2.33. The molecule has 6 nitrogen and oxygen atoms in total. The Labute approximate surface area is 189 Å². The number of anilines is 1. The fraction of sp³-hybridized carbons (Fsp3) is 0.0870. The van der Waals surface area contributed by atoms with Gasteiger partial charge in [0.2, 0.25) is 26.6 Å². The molecule has 0 unspecified atom stereocenters. The molecular weight excluding hydrogens is 455 g/mol. The lowest BCUT2D eigenvalue weighted by Crippen LogP contribution is -2.07. The normalized spacial score (nSPS) is 11.3. The van der Waals surface area contributed by atoms with E-state index in [4.69, 9.17) is 20.8 Å². The number of hydrogen-bond donors (Lipinski definition) is 1. The summed E-state index contributed by atoms with van der Waals surface area (Å²) >= 11 is 5.94. The summed E-state index contributed by atoms with van der Waals surface area (Å²) in [4.78, 5) is 4.15. The second kappa shape index (κ2) is 9.02. The number of sulfone groups is 1. The molecule has 1 N–H and O–H groups in total. The number of nitrogens with zero attached hydrogens (tertiary/aromatic N) is 1. The molecule has 1 aromatic heterocycles. The van der Waals surface area contributed by atoms with Crippen molar-refractivity contribution in [2.24, 2.45) is 0 Å². The summed E-state index contributed by atoms with van der Waals surface area (Å²) in [5.41, 5.74) is 1.43. The Morgan fingerprint density at radius 2 is 1.66 bits per heavy atom. The Morgan fingerprint density at radius 1 is 1.00 bits per heavy atom. The molecule has 9 heteroatoms. The Kier molecular flexibility index (Phi) is 6.16. The number of methoxy groups -OCH3 is 1. The standard InChI is InChI=1S/C23H18ClFN2O4S/c1-30-19-10-2-15(3-11-19)14-26-22-23(32(28,29)20-12-8-18(25)9-13-20)27-21(31-22)16-4-6-17(24)7-5-16/h2-13,26H,14H2,1H3. The van der Waals surface area contributed by atoms with E-state index >= 15 is 0 Å². The zero-order valence-corrected chi connectivity index (χ0v) is 18.5. The van der Waals surface area contributed by atoms with Gasteiger partial charge in [-0.1, -0.05) is 23.7 Å². The summed E-state index contributed by atoms with van der Waals surface area (Å²) in [6.07, 6.45) is 0. The molecule has 0 saturated carbocycles. The van der Waals surface area contributed by atoms with Crippen LogP contribution < -0.4 is 10.1 Å². The van der Waals surface area contributed by atoms with Gasteiger partial charge < -0.3 is 14.5 Å². The van der Waals surface area contributed by atoms with Crippen molar-refractivity contribution in [1.29, 1.82) is 0 Å². The molecule has 0 aliphatic heterocycles. The minimum absolute atomic E-state index is 0.0184. The monoisotopic (exact) mass is 472 g/mol. The average molecular weight is 473 g/mol. The van der Waals surface area contributed by atoms with Gasteiger partial charge in [-0.05, 0) is 66.2 Å². The fourth-order valence-electron chi connectivity index (χ4n) is 2.97. The summed E-state index contributed by atoms with van der Waals surface area (Å²) in [5.74, 6) is 0.261. The molecule has 4 aromatic rings. The first kappa shape index (κ1) is 21.9. The molecule has 0 radical (unpaired) electrons. The second-order valence-electron chi connectivity index (χ2n) is 6.82. The number of benzene rings is 3. The molecule has 0 aliphatic rings. The Balaban J connectivity index is 1.72. The summed E-state index contributed by atoms with van der Waals surface area (Å²) in [5, 5.41) is 3.24. The first-order valence-corrected chi connectivity index (χ1v) is 11.4. The van der Waals surface area contributed by atoms with Gasteiger partial charge in [-0.25, -0.2) is 12.8 Å². The maximum atomic E-state index is 13.3.